The fourth-order valence-electron chi connectivity index (χ4n) is 1.25. The van der Waals surface area contributed by atoms with Crippen LogP contribution >= 0.6 is 0 Å². The molecule has 2 N–H and O–H groups in total. The van der Waals surface area contributed by atoms with Crippen molar-refractivity contribution >= 4 is 0 Å². The summed E-state index contributed by atoms with van der Waals surface area (Å²) in [5.41, 5.74) is 7.77. The summed E-state index contributed by atoms with van der Waals surface area (Å²) in [6.07, 6.45) is 3.13. The van der Waals surface area contributed by atoms with Crippen molar-refractivity contribution in [2.24, 2.45) is 5.73 Å². The van der Waals surface area contributed by atoms with E-state index in [1.165, 1.54) is 5.56 Å². The van der Waals surface area contributed by atoms with Crippen molar-refractivity contribution in [3.05, 3.63) is 35.4 Å². The Balaban J connectivity index is 2.43. The van der Waals surface area contributed by atoms with E-state index in [2.05, 4.69) is 30.9 Å². The number of rotatable bonds is 3. The first-order chi connectivity index (χ1) is 6.83. The molecule has 0 bridgehead atoms. The molecular formula is C13H17N. The third kappa shape index (κ3) is 4.11. The van der Waals surface area contributed by atoms with E-state index in [9.17, 15) is 0 Å². The van der Waals surface area contributed by atoms with Crippen LogP contribution in [0, 0.1) is 18.8 Å². The summed E-state index contributed by atoms with van der Waals surface area (Å²) in [6.45, 7) is 2.85. The minimum absolute atomic E-state index is 0.770. The minimum atomic E-state index is 0.770. The zero-order valence-corrected chi connectivity index (χ0v) is 8.72. The van der Waals surface area contributed by atoms with Gasteiger partial charge in [0.25, 0.3) is 0 Å². The first-order valence-electron chi connectivity index (χ1n) is 5.08. The Morgan fingerprint density at radius 3 is 2.86 bits per heavy atom. The first-order valence-corrected chi connectivity index (χ1v) is 5.08. The molecule has 0 heterocycles. The Labute approximate surface area is 86.3 Å². The van der Waals surface area contributed by atoms with Crippen LogP contribution in [0.4, 0.5) is 0 Å². The maximum atomic E-state index is 5.39. The fourth-order valence-corrected chi connectivity index (χ4v) is 1.25. The van der Waals surface area contributed by atoms with Gasteiger partial charge in [0, 0.05) is 12.0 Å². The second kappa shape index (κ2) is 6.23. The van der Waals surface area contributed by atoms with Crippen LogP contribution in [0.3, 0.4) is 0 Å². The van der Waals surface area contributed by atoms with Crippen molar-refractivity contribution in [1.29, 1.82) is 0 Å². The van der Waals surface area contributed by atoms with Crippen molar-refractivity contribution in [1.82, 2.24) is 0 Å². The number of hydrogen-bond donors (Lipinski definition) is 1. The van der Waals surface area contributed by atoms with E-state index in [1.54, 1.807) is 0 Å². The van der Waals surface area contributed by atoms with Gasteiger partial charge in [0.05, 0.1) is 0 Å². The van der Waals surface area contributed by atoms with E-state index in [0.29, 0.717) is 0 Å². The molecule has 0 fully saturated rings. The van der Waals surface area contributed by atoms with Crippen LogP contribution in [-0.4, -0.2) is 6.54 Å². The molecule has 0 saturated carbocycles. The van der Waals surface area contributed by atoms with Gasteiger partial charge in [-0.15, -0.1) is 0 Å². The normalized spacial score (nSPS) is 9.29. The Morgan fingerprint density at radius 1 is 1.29 bits per heavy atom. The Hall–Kier alpha value is -1.26. The van der Waals surface area contributed by atoms with E-state index in [4.69, 9.17) is 5.73 Å². The SMILES string of the molecule is Cc1cccc(C#CCCCCN)c1. The zero-order valence-electron chi connectivity index (χ0n) is 8.72. The van der Waals surface area contributed by atoms with Gasteiger partial charge in [-0.05, 0) is 44.0 Å². The summed E-state index contributed by atoms with van der Waals surface area (Å²) < 4.78 is 0. The lowest BCUT2D eigenvalue weighted by atomic mass is 10.1. The molecule has 1 aromatic rings. The minimum Gasteiger partial charge on any atom is -0.330 e. The second-order valence-corrected chi connectivity index (χ2v) is 3.42. The molecule has 0 unspecified atom stereocenters. The van der Waals surface area contributed by atoms with Gasteiger partial charge < -0.3 is 5.73 Å². The Kier molecular flexibility index (Phi) is 4.82. The number of benzene rings is 1. The van der Waals surface area contributed by atoms with Crippen LogP contribution < -0.4 is 5.73 Å². The summed E-state index contributed by atoms with van der Waals surface area (Å²) in [7, 11) is 0. The standard InChI is InChI=1S/C13H17N/c1-12-7-6-9-13(11-12)8-4-2-3-5-10-14/h6-7,9,11H,2-3,5,10,14H2,1H3. The van der Waals surface area contributed by atoms with Crippen LogP contribution in [0.15, 0.2) is 24.3 Å². The quantitative estimate of drug-likeness (QED) is 0.571. The molecule has 14 heavy (non-hydrogen) atoms. The van der Waals surface area contributed by atoms with Crippen molar-refractivity contribution in [3.63, 3.8) is 0 Å². The maximum absolute atomic E-state index is 5.39. The predicted octanol–water partition coefficient (Wildman–Crippen LogP) is 2.48. The number of unbranched alkanes of at least 4 members (excludes halogenated alkanes) is 2. The molecule has 0 aliphatic carbocycles. The molecule has 74 valence electrons. The average Bonchev–Trinajstić information content (AvgIpc) is 2.18. The highest BCUT2D eigenvalue weighted by Gasteiger charge is 1.86. The second-order valence-electron chi connectivity index (χ2n) is 3.42. The van der Waals surface area contributed by atoms with Crippen molar-refractivity contribution in [2.45, 2.75) is 26.2 Å². The molecule has 0 amide bonds. The van der Waals surface area contributed by atoms with Gasteiger partial charge in [-0.3, -0.25) is 0 Å². The molecule has 0 aliphatic rings. The highest BCUT2D eigenvalue weighted by Crippen LogP contribution is 2.02. The molecule has 0 aromatic heterocycles. The number of nitrogens with two attached hydrogens (primary N) is 1. The predicted molar refractivity (Wildman–Crippen MR) is 61.0 cm³/mol. The summed E-state index contributed by atoms with van der Waals surface area (Å²) in [4.78, 5) is 0. The van der Waals surface area contributed by atoms with Gasteiger partial charge in [-0.1, -0.05) is 24.0 Å². The van der Waals surface area contributed by atoms with E-state index in [0.717, 1.165) is 31.4 Å². The molecule has 1 heteroatoms. The Bertz CT molecular complexity index is 331. The molecular weight excluding hydrogens is 170 g/mol. The molecule has 0 saturated heterocycles. The van der Waals surface area contributed by atoms with Crippen LogP contribution in [0.5, 0.6) is 0 Å². The third-order valence-electron chi connectivity index (χ3n) is 2.01. The molecule has 0 spiro atoms. The highest BCUT2D eigenvalue weighted by molar-refractivity contribution is 5.36. The van der Waals surface area contributed by atoms with Crippen LogP contribution in [0.25, 0.3) is 0 Å². The molecule has 0 aliphatic heterocycles. The van der Waals surface area contributed by atoms with Gasteiger partial charge in [0.1, 0.15) is 0 Å². The van der Waals surface area contributed by atoms with Gasteiger partial charge in [0.2, 0.25) is 0 Å². The van der Waals surface area contributed by atoms with Crippen molar-refractivity contribution < 1.29 is 0 Å². The van der Waals surface area contributed by atoms with E-state index in [-0.39, 0.29) is 0 Å². The van der Waals surface area contributed by atoms with E-state index >= 15 is 0 Å². The average molecular weight is 187 g/mol. The lowest BCUT2D eigenvalue weighted by Gasteiger charge is -1.92. The smallest absolute Gasteiger partial charge is 0.0247 e. The lowest BCUT2D eigenvalue weighted by Crippen LogP contribution is -1.96. The third-order valence-corrected chi connectivity index (χ3v) is 2.01. The summed E-state index contributed by atoms with van der Waals surface area (Å²) >= 11 is 0. The molecule has 0 radical (unpaired) electrons. The largest absolute Gasteiger partial charge is 0.330 e. The van der Waals surface area contributed by atoms with Crippen molar-refractivity contribution in [2.75, 3.05) is 6.54 Å². The summed E-state index contributed by atoms with van der Waals surface area (Å²) in [5, 5.41) is 0. The van der Waals surface area contributed by atoms with E-state index < -0.39 is 0 Å². The van der Waals surface area contributed by atoms with Gasteiger partial charge >= 0.3 is 0 Å². The molecule has 1 rings (SSSR count). The van der Waals surface area contributed by atoms with Crippen LogP contribution in [-0.2, 0) is 0 Å². The fraction of sp³-hybridized carbons (Fsp3) is 0.385. The van der Waals surface area contributed by atoms with Crippen LogP contribution in [0.2, 0.25) is 0 Å². The maximum Gasteiger partial charge on any atom is 0.0247 e. The molecule has 0 atom stereocenters. The Morgan fingerprint density at radius 2 is 2.14 bits per heavy atom. The topological polar surface area (TPSA) is 26.0 Å². The van der Waals surface area contributed by atoms with Crippen molar-refractivity contribution in [3.8, 4) is 11.8 Å². The van der Waals surface area contributed by atoms with Gasteiger partial charge in [0.15, 0.2) is 0 Å². The highest BCUT2D eigenvalue weighted by atomic mass is 14.5. The molecule has 1 aromatic carbocycles. The lowest BCUT2D eigenvalue weighted by molar-refractivity contribution is 0.768. The van der Waals surface area contributed by atoms with Gasteiger partial charge in [-0.2, -0.15) is 0 Å². The van der Waals surface area contributed by atoms with E-state index in [1.807, 2.05) is 12.1 Å². The number of hydrogen-bond acceptors (Lipinski definition) is 1. The monoisotopic (exact) mass is 187 g/mol. The summed E-state index contributed by atoms with van der Waals surface area (Å²) in [6, 6.07) is 8.28. The van der Waals surface area contributed by atoms with Crippen LogP contribution in [0.1, 0.15) is 30.4 Å². The number of aryl methyl sites for hydroxylation is 1. The first kappa shape index (κ1) is 10.8. The molecule has 1 nitrogen and oxygen atoms in total. The summed E-state index contributed by atoms with van der Waals surface area (Å²) in [5.74, 6) is 6.31. The van der Waals surface area contributed by atoms with Gasteiger partial charge in [-0.25, -0.2) is 0 Å². The zero-order chi connectivity index (χ0) is 10.2.